The number of carbonyl (C=O) groups excluding carboxylic acids is 2. The molecule has 1 aromatic heterocycles. The van der Waals surface area contributed by atoms with Gasteiger partial charge in [-0.1, -0.05) is 6.92 Å². The Morgan fingerprint density at radius 3 is 2.74 bits per heavy atom. The highest BCUT2D eigenvalue weighted by molar-refractivity contribution is 5.95. The Morgan fingerprint density at radius 1 is 1.30 bits per heavy atom. The molecular weight excluding hydrogens is 348 g/mol. The number of aryl methyl sites for hydroxylation is 2. The number of rotatable bonds is 6. The van der Waals surface area contributed by atoms with E-state index in [9.17, 15) is 14.7 Å². The predicted octanol–water partition coefficient (Wildman–Crippen LogP) is 0.766. The molecule has 1 saturated carbocycles. The van der Waals surface area contributed by atoms with Crippen LogP contribution in [0.15, 0.2) is 6.20 Å². The number of amides is 2. The lowest BCUT2D eigenvalue weighted by Gasteiger charge is -2.24. The van der Waals surface area contributed by atoms with Crippen molar-refractivity contribution >= 4 is 11.8 Å². The molecule has 2 fully saturated rings. The summed E-state index contributed by atoms with van der Waals surface area (Å²) in [5, 5.41) is 20.6. The van der Waals surface area contributed by atoms with Gasteiger partial charge >= 0.3 is 0 Å². The molecule has 27 heavy (non-hydrogen) atoms. The summed E-state index contributed by atoms with van der Waals surface area (Å²) in [7, 11) is 0. The summed E-state index contributed by atoms with van der Waals surface area (Å²) in [5.74, 6) is -0.564. The van der Waals surface area contributed by atoms with Crippen LogP contribution in [0.4, 0.5) is 0 Å². The van der Waals surface area contributed by atoms with Crippen LogP contribution in [0.1, 0.15) is 55.1 Å². The summed E-state index contributed by atoms with van der Waals surface area (Å²) >= 11 is 0. The van der Waals surface area contributed by atoms with Gasteiger partial charge in [0, 0.05) is 37.9 Å². The molecule has 3 N–H and O–H groups in total. The Morgan fingerprint density at radius 2 is 2.04 bits per heavy atom. The highest BCUT2D eigenvalue weighted by Crippen LogP contribution is 2.27. The van der Waals surface area contributed by atoms with Gasteiger partial charge in [-0.25, -0.2) is 0 Å². The third-order valence-electron chi connectivity index (χ3n) is 5.43. The standard InChI is InChI=1S/C19H30N4O4/c1-3-6-23-11-15(12(2)22-23)19(26)21-16-9-13(10-17(16)24)18(25)20-14-4-7-27-8-5-14/h11,13-14,16-17,24H,3-10H2,1-2H3,(H,20,25)(H,21,26)/t13-,16-,17-/m0/s1. The van der Waals surface area contributed by atoms with Gasteiger partial charge < -0.3 is 20.5 Å². The Bertz CT molecular complexity index is 669. The van der Waals surface area contributed by atoms with Crippen LogP contribution in [-0.2, 0) is 16.1 Å². The first-order chi connectivity index (χ1) is 13.0. The van der Waals surface area contributed by atoms with Crippen LogP contribution >= 0.6 is 0 Å². The van der Waals surface area contributed by atoms with E-state index in [1.807, 2.05) is 0 Å². The molecule has 0 aromatic carbocycles. The van der Waals surface area contributed by atoms with Crippen LogP contribution in [-0.4, -0.2) is 58.1 Å². The second kappa shape index (κ2) is 8.84. The Kier molecular flexibility index (Phi) is 6.49. The molecule has 2 amide bonds. The molecule has 1 aromatic rings. The van der Waals surface area contributed by atoms with E-state index in [2.05, 4.69) is 22.7 Å². The maximum Gasteiger partial charge on any atom is 0.255 e. The van der Waals surface area contributed by atoms with E-state index in [1.165, 1.54) is 0 Å². The van der Waals surface area contributed by atoms with Crippen LogP contribution in [0, 0.1) is 12.8 Å². The zero-order valence-corrected chi connectivity index (χ0v) is 16.1. The van der Waals surface area contributed by atoms with E-state index >= 15 is 0 Å². The van der Waals surface area contributed by atoms with Gasteiger partial charge in [-0.3, -0.25) is 14.3 Å². The minimum absolute atomic E-state index is 0.0374. The second-order valence-electron chi connectivity index (χ2n) is 7.60. The van der Waals surface area contributed by atoms with Crippen LogP contribution in [0.25, 0.3) is 0 Å². The minimum Gasteiger partial charge on any atom is -0.391 e. The van der Waals surface area contributed by atoms with Crippen molar-refractivity contribution in [2.75, 3.05) is 13.2 Å². The fourth-order valence-electron chi connectivity index (χ4n) is 3.88. The van der Waals surface area contributed by atoms with Gasteiger partial charge in [0.25, 0.3) is 5.91 Å². The number of carbonyl (C=O) groups is 2. The largest absolute Gasteiger partial charge is 0.391 e. The zero-order valence-electron chi connectivity index (χ0n) is 16.1. The average Bonchev–Trinajstić information content (AvgIpc) is 3.19. The van der Waals surface area contributed by atoms with E-state index in [0.717, 1.165) is 25.8 Å². The van der Waals surface area contributed by atoms with Crippen molar-refractivity contribution in [2.45, 2.75) is 70.7 Å². The van der Waals surface area contributed by atoms with Gasteiger partial charge in [0.2, 0.25) is 5.91 Å². The molecule has 2 aliphatic rings. The molecule has 150 valence electrons. The van der Waals surface area contributed by atoms with Crippen LogP contribution in [0.2, 0.25) is 0 Å². The SMILES string of the molecule is CCCn1cc(C(=O)N[C@H]2C[C@H](C(=O)NC3CCOCC3)C[C@@H]2O)c(C)n1. The molecule has 0 radical (unpaired) electrons. The lowest BCUT2D eigenvalue weighted by Crippen LogP contribution is -2.42. The number of aromatic nitrogens is 2. The monoisotopic (exact) mass is 378 g/mol. The molecule has 0 bridgehead atoms. The van der Waals surface area contributed by atoms with Gasteiger partial charge in [0.05, 0.1) is 23.4 Å². The predicted molar refractivity (Wildman–Crippen MR) is 99.2 cm³/mol. The normalized spacial score (nSPS) is 26.1. The molecule has 8 nitrogen and oxygen atoms in total. The van der Waals surface area contributed by atoms with Crippen molar-refractivity contribution < 1.29 is 19.4 Å². The van der Waals surface area contributed by atoms with Crippen LogP contribution in [0.5, 0.6) is 0 Å². The average molecular weight is 378 g/mol. The van der Waals surface area contributed by atoms with E-state index in [-0.39, 0.29) is 23.8 Å². The van der Waals surface area contributed by atoms with E-state index in [0.29, 0.717) is 37.3 Å². The first kappa shape index (κ1) is 19.8. The first-order valence-corrected chi connectivity index (χ1v) is 9.89. The summed E-state index contributed by atoms with van der Waals surface area (Å²) < 4.78 is 7.07. The minimum atomic E-state index is -0.717. The maximum absolute atomic E-state index is 12.6. The number of nitrogens with one attached hydrogen (secondary N) is 2. The lowest BCUT2D eigenvalue weighted by atomic mass is 10.0. The summed E-state index contributed by atoms with van der Waals surface area (Å²) in [5.41, 5.74) is 1.19. The number of nitrogens with zero attached hydrogens (tertiary/aromatic N) is 2. The topological polar surface area (TPSA) is 105 Å². The van der Waals surface area contributed by atoms with Gasteiger partial charge in [-0.05, 0) is 39.0 Å². The Hall–Kier alpha value is -1.93. The van der Waals surface area contributed by atoms with E-state index < -0.39 is 12.1 Å². The third kappa shape index (κ3) is 4.87. The van der Waals surface area contributed by atoms with Crippen molar-refractivity contribution in [3.63, 3.8) is 0 Å². The smallest absolute Gasteiger partial charge is 0.255 e. The second-order valence-corrected chi connectivity index (χ2v) is 7.60. The van der Waals surface area contributed by atoms with Crippen molar-refractivity contribution in [3.05, 3.63) is 17.5 Å². The van der Waals surface area contributed by atoms with Crippen molar-refractivity contribution in [2.24, 2.45) is 5.92 Å². The van der Waals surface area contributed by atoms with E-state index in [4.69, 9.17) is 4.74 Å². The van der Waals surface area contributed by atoms with Crippen molar-refractivity contribution in [1.29, 1.82) is 0 Å². The summed E-state index contributed by atoms with van der Waals surface area (Å²) in [6.07, 6.45) is 4.42. The molecular formula is C19H30N4O4. The summed E-state index contributed by atoms with van der Waals surface area (Å²) in [6, 6.07) is -0.277. The maximum atomic E-state index is 12.6. The number of hydrogen-bond donors (Lipinski definition) is 3. The van der Waals surface area contributed by atoms with Crippen molar-refractivity contribution in [3.8, 4) is 0 Å². The zero-order chi connectivity index (χ0) is 19.4. The molecule has 0 unspecified atom stereocenters. The van der Waals surface area contributed by atoms with Gasteiger partial charge in [0.15, 0.2) is 0 Å². The van der Waals surface area contributed by atoms with Gasteiger partial charge in [-0.15, -0.1) is 0 Å². The highest BCUT2D eigenvalue weighted by atomic mass is 16.5. The van der Waals surface area contributed by atoms with Crippen LogP contribution in [0.3, 0.4) is 0 Å². The molecule has 3 rings (SSSR count). The fourth-order valence-corrected chi connectivity index (χ4v) is 3.88. The van der Waals surface area contributed by atoms with Gasteiger partial charge in [-0.2, -0.15) is 5.10 Å². The summed E-state index contributed by atoms with van der Waals surface area (Å²) in [4.78, 5) is 25.1. The van der Waals surface area contributed by atoms with Crippen molar-refractivity contribution in [1.82, 2.24) is 20.4 Å². The van der Waals surface area contributed by atoms with Gasteiger partial charge in [0.1, 0.15) is 0 Å². The number of hydrogen-bond acceptors (Lipinski definition) is 5. The molecule has 1 aliphatic heterocycles. The third-order valence-corrected chi connectivity index (χ3v) is 5.43. The van der Waals surface area contributed by atoms with E-state index in [1.54, 1.807) is 17.8 Å². The number of aliphatic hydroxyl groups is 1. The quantitative estimate of drug-likeness (QED) is 0.678. The molecule has 8 heteroatoms. The van der Waals surface area contributed by atoms with Crippen LogP contribution < -0.4 is 10.6 Å². The highest BCUT2D eigenvalue weighted by Gasteiger charge is 2.38. The molecule has 3 atom stereocenters. The lowest BCUT2D eigenvalue weighted by molar-refractivity contribution is -0.126. The molecule has 0 spiro atoms. The Balaban J connectivity index is 1.54. The number of aliphatic hydroxyl groups excluding tert-OH is 1. The molecule has 1 aliphatic carbocycles. The first-order valence-electron chi connectivity index (χ1n) is 9.89. The molecule has 2 heterocycles. The Labute approximate surface area is 159 Å². The summed E-state index contributed by atoms with van der Waals surface area (Å²) in [6.45, 7) is 5.95. The molecule has 1 saturated heterocycles. The fraction of sp³-hybridized carbons (Fsp3) is 0.737. The number of ether oxygens (including phenoxy) is 1.